The van der Waals surface area contributed by atoms with Crippen LogP contribution in [0.4, 0.5) is 0 Å². The summed E-state index contributed by atoms with van der Waals surface area (Å²) < 4.78 is 0. The summed E-state index contributed by atoms with van der Waals surface area (Å²) in [5.41, 5.74) is 4.63. The number of halogens is 1. The van der Waals surface area contributed by atoms with E-state index in [4.69, 9.17) is 11.6 Å². The van der Waals surface area contributed by atoms with Crippen LogP contribution in [-0.4, -0.2) is 9.97 Å². The fourth-order valence-corrected chi connectivity index (χ4v) is 2.79. The first kappa shape index (κ1) is 10.7. The fourth-order valence-electron chi connectivity index (χ4n) is 2.62. The van der Waals surface area contributed by atoms with E-state index in [-0.39, 0.29) is 0 Å². The minimum absolute atomic E-state index is 0.750. The second-order valence-electron chi connectivity index (χ2n) is 4.64. The quantitative estimate of drug-likeness (QED) is 0.487. The van der Waals surface area contributed by atoms with Crippen LogP contribution in [0.3, 0.4) is 0 Å². The molecule has 92 valence electrons. The largest absolute Gasteiger partial charge is 0.361 e. The molecule has 0 unspecified atom stereocenters. The summed E-state index contributed by atoms with van der Waals surface area (Å²) in [6.07, 6.45) is 4.10. The Kier molecular flexibility index (Phi) is 2.20. The lowest BCUT2D eigenvalue weighted by Crippen LogP contribution is -1.73. The maximum absolute atomic E-state index is 6.02. The van der Waals surface area contributed by atoms with Crippen molar-refractivity contribution in [1.82, 2.24) is 9.97 Å². The normalized spacial score (nSPS) is 11.4. The molecule has 0 saturated heterocycles. The summed E-state index contributed by atoms with van der Waals surface area (Å²) in [7, 11) is 0. The Morgan fingerprint density at radius 3 is 2.26 bits per heavy atom. The average Bonchev–Trinajstić information content (AvgIpc) is 3.01. The monoisotopic (exact) mass is 266 g/mol. The first-order chi connectivity index (χ1) is 9.33. The van der Waals surface area contributed by atoms with Gasteiger partial charge in [0.1, 0.15) is 0 Å². The second kappa shape index (κ2) is 3.90. The van der Waals surface area contributed by atoms with Crippen LogP contribution in [0.1, 0.15) is 0 Å². The molecule has 2 heterocycles. The van der Waals surface area contributed by atoms with Crippen molar-refractivity contribution in [3.05, 3.63) is 59.9 Å². The SMILES string of the molecule is Clc1ccc2c(-c3c[nH]c4ccccc34)c[nH]c2c1. The minimum atomic E-state index is 0.750. The molecule has 4 rings (SSSR count). The molecule has 19 heavy (non-hydrogen) atoms. The van der Waals surface area contributed by atoms with Crippen molar-refractivity contribution in [2.75, 3.05) is 0 Å². The molecule has 0 radical (unpaired) electrons. The summed E-state index contributed by atoms with van der Waals surface area (Å²) in [6, 6.07) is 14.3. The molecule has 2 aromatic heterocycles. The molecule has 2 nitrogen and oxygen atoms in total. The Morgan fingerprint density at radius 1 is 0.737 bits per heavy atom. The van der Waals surface area contributed by atoms with Gasteiger partial charge in [0.05, 0.1) is 0 Å². The van der Waals surface area contributed by atoms with Gasteiger partial charge in [0.25, 0.3) is 0 Å². The molecule has 0 aliphatic carbocycles. The summed E-state index contributed by atoms with van der Waals surface area (Å²) in [6.45, 7) is 0. The van der Waals surface area contributed by atoms with Gasteiger partial charge >= 0.3 is 0 Å². The summed E-state index contributed by atoms with van der Waals surface area (Å²) in [5, 5.41) is 3.17. The van der Waals surface area contributed by atoms with Crippen molar-refractivity contribution >= 4 is 33.4 Å². The molecule has 0 amide bonds. The molecule has 0 saturated carbocycles. The number of hydrogen-bond acceptors (Lipinski definition) is 0. The highest BCUT2D eigenvalue weighted by molar-refractivity contribution is 6.31. The molecule has 0 fully saturated rings. The number of benzene rings is 2. The van der Waals surface area contributed by atoms with Crippen LogP contribution >= 0.6 is 11.6 Å². The molecule has 2 aromatic carbocycles. The van der Waals surface area contributed by atoms with Gasteiger partial charge in [0.2, 0.25) is 0 Å². The number of nitrogens with one attached hydrogen (secondary N) is 2. The first-order valence-corrected chi connectivity index (χ1v) is 6.54. The van der Waals surface area contributed by atoms with E-state index in [0.29, 0.717) is 0 Å². The zero-order valence-corrected chi connectivity index (χ0v) is 10.8. The third-order valence-corrected chi connectivity index (χ3v) is 3.76. The molecule has 3 heteroatoms. The smallest absolute Gasteiger partial charge is 0.0475 e. The lowest BCUT2D eigenvalue weighted by molar-refractivity contribution is 1.46. The number of para-hydroxylation sites is 1. The highest BCUT2D eigenvalue weighted by Gasteiger charge is 2.10. The first-order valence-electron chi connectivity index (χ1n) is 6.16. The fraction of sp³-hybridized carbons (Fsp3) is 0. The highest BCUT2D eigenvalue weighted by atomic mass is 35.5. The maximum Gasteiger partial charge on any atom is 0.0475 e. The molecule has 0 aliphatic rings. The Bertz CT molecular complexity index is 886. The Hall–Kier alpha value is -2.19. The van der Waals surface area contributed by atoms with E-state index in [9.17, 15) is 0 Å². The van der Waals surface area contributed by atoms with E-state index < -0.39 is 0 Å². The molecular formula is C16H11ClN2. The zero-order valence-electron chi connectivity index (χ0n) is 10.1. The summed E-state index contributed by atoms with van der Waals surface area (Å²) >= 11 is 6.02. The predicted molar refractivity (Wildman–Crippen MR) is 80.6 cm³/mol. The van der Waals surface area contributed by atoms with Crippen molar-refractivity contribution in [3.63, 3.8) is 0 Å². The van der Waals surface area contributed by atoms with Crippen LogP contribution in [0, 0.1) is 0 Å². The maximum atomic E-state index is 6.02. The van der Waals surface area contributed by atoms with Gasteiger partial charge in [-0.25, -0.2) is 0 Å². The zero-order chi connectivity index (χ0) is 12.8. The number of fused-ring (bicyclic) bond motifs is 2. The second-order valence-corrected chi connectivity index (χ2v) is 5.08. The van der Waals surface area contributed by atoms with Crippen molar-refractivity contribution in [2.24, 2.45) is 0 Å². The Morgan fingerprint density at radius 2 is 1.42 bits per heavy atom. The van der Waals surface area contributed by atoms with E-state index >= 15 is 0 Å². The van der Waals surface area contributed by atoms with Gasteiger partial charge < -0.3 is 9.97 Å². The van der Waals surface area contributed by atoms with Gasteiger partial charge in [0, 0.05) is 50.3 Å². The summed E-state index contributed by atoms with van der Waals surface area (Å²) in [4.78, 5) is 6.60. The number of aromatic nitrogens is 2. The Balaban J connectivity index is 2.04. The van der Waals surface area contributed by atoms with Crippen LogP contribution in [0.25, 0.3) is 32.9 Å². The van der Waals surface area contributed by atoms with Gasteiger partial charge in [-0.1, -0.05) is 35.9 Å². The van der Waals surface area contributed by atoms with E-state index in [1.807, 2.05) is 24.4 Å². The van der Waals surface area contributed by atoms with E-state index in [0.717, 1.165) is 16.1 Å². The molecule has 0 bridgehead atoms. The molecule has 0 spiro atoms. The predicted octanol–water partition coefficient (Wildman–Crippen LogP) is 4.97. The molecular weight excluding hydrogens is 256 g/mol. The third kappa shape index (κ3) is 1.57. The highest BCUT2D eigenvalue weighted by Crippen LogP contribution is 2.34. The van der Waals surface area contributed by atoms with E-state index in [1.54, 1.807) is 0 Å². The molecule has 2 N–H and O–H groups in total. The van der Waals surface area contributed by atoms with Crippen molar-refractivity contribution in [2.45, 2.75) is 0 Å². The number of aromatic amines is 2. The van der Waals surface area contributed by atoms with Crippen LogP contribution in [-0.2, 0) is 0 Å². The molecule has 0 aliphatic heterocycles. The number of rotatable bonds is 1. The lowest BCUT2D eigenvalue weighted by atomic mass is 10.0. The van der Waals surface area contributed by atoms with Gasteiger partial charge in [-0.3, -0.25) is 0 Å². The molecule has 0 atom stereocenters. The van der Waals surface area contributed by atoms with Crippen LogP contribution in [0.5, 0.6) is 0 Å². The molecule has 4 aromatic rings. The van der Waals surface area contributed by atoms with Crippen molar-refractivity contribution in [1.29, 1.82) is 0 Å². The standard InChI is InChI=1S/C16H11ClN2/c17-10-5-6-12-14(9-19-16(12)7-10)13-8-18-15-4-2-1-3-11(13)15/h1-9,18-19H. The van der Waals surface area contributed by atoms with Crippen molar-refractivity contribution in [3.8, 4) is 11.1 Å². The summed E-state index contributed by atoms with van der Waals surface area (Å²) in [5.74, 6) is 0. The minimum Gasteiger partial charge on any atom is -0.361 e. The van der Waals surface area contributed by atoms with E-state index in [1.165, 1.54) is 21.9 Å². The number of hydrogen-bond donors (Lipinski definition) is 2. The third-order valence-electron chi connectivity index (χ3n) is 3.52. The topological polar surface area (TPSA) is 31.6 Å². The van der Waals surface area contributed by atoms with Gasteiger partial charge in [-0.15, -0.1) is 0 Å². The van der Waals surface area contributed by atoms with Gasteiger partial charge in [0.15, 0.2) is 0 Å². The Labute approximate surface area is 115 Å². The van der Waals surface area contributed by atoms with Gasteiger partial charge in [-0.2, -0.15) is 0 Å². The number of H-pyrrole nitrogens is 2. The van der Waals surface area contributed by atoms with Crippen LogP contribution in [0.15, 0.2) is 54.9 Å². The van der Waals surface area contributed by atoms with Crippen LogP contribution in [0.2, 0.25) is 5.02 Å². The average molecular weight is 267 g/mol. The lowest BCUT2D eigenvalue weighted by Gasteiger charge is -1.98. The van der Waals surface area contributed by atoms with Crippen LogP contribution < -0.4 is 0 Å². The van der Waals surface area contributed by atoms with Crippen molar-refractivity contribution < 1.29 is 0 Å². The van der Waals surface area contributed by atoms with E-state index in [2.05, 4.69) is 40.4 Å². The van der Waals surface area contributed by atoms with Gasteiger partial charge in [-0.05, 0) is 18.2 Å².